The number of hydrogen-bond acceptors (Lipinski definition) is 4. The Labute approximate surface area is 182 Å². The van der Waals surface area contributed by atoms with Gasteiger partial charge in [-0.3, -0.25) is 14.9 Å². The Hall–Kier alpha value is -2.93. The van der Waals surface area contributed by atoms with E-state index in [1.807, 2.05) is 12.1 Å². The fourth-order valence-corrected chi connectivity index (χ4v) is 4.66. The van der Waals surface area contributed by atoms with Crippen molar-refractivity contribution in [3.05, 3.63) is 77.0 Å². The van der Waals surface area contributed by atoms with Crippen molar-refractivity contribution in [1.29, 1.82) is 0 Å². The van der Waals surface area contributed by atoms with Crippen molar-refractivity contribution in [2.45, 2.75) is 31.7 Å². The Morgan fingerprint density at radius 3 is 2.94 bits per heavy atom. The molecule has 1 aliphatic carbocycles. The van der Waals surface area contributed by atoms with Gasteiger partial charge in [0.15, 0.2) is 0 Å². The first-order chi connectivity index (χ1) is 15.2. The highest BCUT2D eigenvalue weighted by molar-refractivity contribution is 5.90. The molecule has 31 heavy (non-hydrogen) atoms. The molecule has 0 saturated carbocycles. The standard InChI is InChI=1S/C25H29N3O3/c29-15-14-28(13-12-20-17-26-23-6-2-1-5-21(20)23)24-7-3-4-19-16-18(8-10-22(19)24)9-11-25(30)27-31/h1-2,5-6,8-11,16-17,24,26,29,31H,3-4,7,12-15H2,(H,27,30)/b11-9+. The zero-order valence-corrected chi connectivity index (χ0v) is 17.6. The number of nitrogens with zero attached hydrogens (tertiary/aromatic N) is 1. The molecular weight excluding hydrogens is 390 g/mol. The van der Waals surface area contributed by atoms with E-state index in [9.17, 15) is 9.90 Å². The van der Waals surface area contributed by atoms with E-state index in [1.165, 1.54) is 28.2 Å². The van der Waals surface area contributed by atoms with Crippen LogP contribution in [-0.4, -0.2) is 45.8 Å². The monoisotopic (exact) mass is 419 g/mol. The fraction of sp³-hybridized carbons (Fsp3) is 0.320. The third kappa shape index (κ3) is 4.88. The maximum absolute atomic E-state index is 11.3. The Kier molecular flexibility index (Phi) is 6.82. The minimum absolute atomic E-state index is 0.136. The van der Waals surface area contributed by atoms with Gasteiger partial charge in [0.2, 0.25) is 0 Å². The summed E-state index contributed by atoms with van der Waals surface area (Å²) in [5.41, 5.74) is 7.61. The highest BCUT2D eigenvalue weighted by Gasteiger charge is 2.25. The molecule has 1 heterocycles. The number of aliphatic hydroxyl groups is 1. The quantitative estimate of drug-likeness (QED) is 0.255. The highest BCUT2D eigenvalue weighted by atomic mass is 16.5. The molecule has 3 aromatic rings. The van der Waals surface area contributed by atoms with Crippen molar-refractivity contribution in [2.24, 2.45) is 0 Å². The number of amides is 1. The van der Waals surface area contributed by atoms with Crippen LogP contribution in [-0.2, 0) is 17.6 Å². The van der Waals surface area contributed by atoms with Crippen LogP contribution in [0.1, 0.15) is 41.1 Å². The first-order valence-electron chi connectivity index (χ1n) is 10.8. The van der Waals surface area contributed by atoms with Crippen molar-refractivity contribution >= 4 is 22.9 Å². The maximum atomic E-state index is 11.3. The predicted molar refractivity (Wildman–Crippen MR) is 122 cm³/mol. The van der Waals surface area contributed by atoms with Gasteiger partial charge >= 0.3 is 0 Å². The topological polar surface area (TPSA) is 88.6 Å². The van der Waals surface area contributed by atoms with Crippen molar-refractivity contribution in [1.82, 2.24) is 15.4 Å². The summed E-state index contributed by atoms with van der Waals surface area (Å²) in [5.74, 6) is -0.540. The zero-order valence-electron chi connectivity index (χ0n) is 17.6. The van der Waals surface area contributed by atoms with Gasteiger partial charge < -0.3 is 10.1 Å². The summed E-state index contributed by atoms with van der Waals surface area (Å²) in [6, 6.07) is 14.9. The third-order valence-corrected chi connectivity index (χ3v) is 6.16. The van der Waals surface area contributed by atoms with Crippen LogP contribution in [0.5, 0.6) is 0 Å². The molecule has 4 rings (SSSR count). The van der Waals surface area contributed by atoms with Crippen LogP contribution in [0.25, 0.3) is 17.0 Å². The number of para-hydroxylation sites is 1. The average Bonchev–Trinajstić information content (AvgIpc) is 3.22. The molecule has 0 radical (unpaired) electrons. The van der Waals surface area contributed by atoms with Crippen LogP contribution in [0, 0.1) is 0 Å². The average molecular weight is 420 g/mol. The number of H-pyrrole nitrogens is 1. The summed E-state index contributed by atoms with van der Waals surface area (Å²) in [4.78, 5) is 17.0. The van der Waals surface area contributed by atoms with Crippen LogP contribution < -0.4 is 5.48 Å². The fourth-order valence-electron chi connectivity index (χ4n) is 4.66. The molecule has 1 aliphatic rings. The number of aromatic nitrogens is 1. The molecule has 2 aromatic carbocycles. The van der Waals surface area contributed by atoms with E-state index in [0.29, 0.717) is 6.54 Å². The molecule has 1 atom stereocenters. The Bertz CT molecular complexity index is 1070. The summed E-state index contributed by atoms with van der Waals surface area (Å²) in [7, 11) is 0. The number of fused-ring (bicyclic) bond motifs is 2. The first-order valence-corrected chi connectivity index (χ1v) is 10.8. The van der Waals surface area contributed by atoms with Gasteiger partial charge in [-0.05, 0) is 60.1 Å². The molecule has 0 bridgehead atoms. The normalized spacial score (nSPS) is 16.2. The lowest BCUT2D eigenvalue weighted by atomic mass is 9.85. The summed E-state index contributed by atoms with van der Waals surface area (Å²) >= 11 is 0. The second kappa shape index (κ2) is 9.92. The third-order valence-electron chi connectivity index (χ3n) is 6.16. The summed E-state index contributed by atoms with van der Waals surface area (Å²) < 4.78 is 0. The minimum Gasteiger partial charge on any atom is -0.395 e. The number of nitrogens with one attached hydrogen (secondary N) is 2. The number of hydrogen-bond donors (Lipinski definition) is 4. The molecule has 0 aliphatic heterocycles. The Morgan fingerprint density at radius 1 is 1.23 bits per heavy atom. The van der Waals surface area contributed by atoms with E-state index < -0.39 is 5.91 Å². The van der Waals surface area contributed by atoms with Gasteiger partial charge in [-0.2, -0.15) is 0 Å². The molecule has 1 amide bonds. The van der Waals surface area contributed by atoms with Gasteiger partial charge in [0, 0.05) is 42.3 Å². The molecular formula is C25H29N3O3. The zero-order chi connectivity index (χ0) is 21.6. The first kappa shape index (κ1) is 21.3. The lowest BCUT2D eigenvalue weighted by molar-refractivity contribution is -0.124. The molecule has 0 saturated heterocycles. The summed E-state index contributed by atoms with van der Waals surface area (Å²) in [5, 5.41) is 19.6. The van der Waals surface area contributed by atoms with Gasteiger partial charge in [0.1, 0.15) is 0 Å². The number of aliphatic hydroxyl groups excluding tert-OH is 1. The second-order valence-electron chi connectivity index (χ2n) is 8.04. The molecule has 1 unspecified atom stereocenters. The van der Waals surface area contributed by atoms with Crippen LogP contribution in [0.4, 0.5) is 0 Å². The van der Waals surface area contributed by atoms with Crippen LogP contribution >= 0.6 is 0 Å². The SMILES string of the molecule is O=C(/C=C/c1ccc2c(c1)CCCC2N(CCO)CCc1c[nH]c2ccccc12)NO. The molecule has 162 valence electrons. The molecule has 4 N–H and O–H groups in total. The van der Waals surface area contributed by atoms with Crippen molar-refractivity contribution < 1.29 is 15.1 Å². The second-order valence-corrected chi connectivity index (χ2v) is 8.04. The largest absolute Gasteiger partial charge is 0.395 e. The van der Waals surface area contributed by atoms with E-state index in [4.69, 9.17) is 5.21 Å². The van der Waals surface area contributed by atoms with Crippen molar-refractivity contribution in [3.8, 4) is 0 Å². The molecule has 6 nitrogen and oxygen atoms in total. The van der Waals surface area contributed by atoms with E-state index in [1.54, 1.807) is 11.6 Å². The molecule has 1 aromatic heterocycles. The van der Waals surface area contributed by atoms with E-state index >= 15 is 0 Å². The lowest BCUT2D eigenvalue weighted by Crippen LogP contribution is -2.35. The van der Waals surface area contributed by atoms with E-state index in [-0.39, 0.29) is 12.6 Å². The molecule has 0 fully saturated rings. The Morgan fingerprint density at radius 2 is 2.10 bits per heavy atom. The summed E-state index contributed by atoms with van der Waals surface area (Å²) in [6.07, 6.45) is 9.22. The van der Waals surface area contributed by atoms with Crippen LogP contribution in [0.15, 0.2) is 54.7 Å². The number of hydroxylamine groups is 1. The number of benzene rings is 2. The van der Waals surface area contributed by atoms with Gasteiger partial charge in [-0.1, -0.05) is 36.4 Å². The number of carbonyl (C=O) groups excluding carboxylic acids is 1. The highest BCUT2D eigenvalue weighted by Crippen LogP contribution is 2.35. The molecule has 0 spiro atoms. The number of aromatic amines is 1. The van der Waals surface area contributed by atoms with Gasteiger partial charge in [0.25, 0.3) is 5.91 Å². The van der Waals surface area contributed by atoms with Gasteiger partial charge in [0.05, 0.1) is 6.61 Å². The van der Waals surface area contributed by atoms with E-state index in [2.05, 4.69) is 46.4 Å². The molecule has 6 heteroatoms. The minimum atomic E-state index is -0.540. The number of aryl methyl sites for hydroxylation is 1. The van der Waals surface area contributed by atoms with Gasteiger partial charge in [-0.15, -0.1) is 0 Å². The maximum Gasteiger partial charge on any atom is 0.267 e. The van der Waals surface area contributed by atoms with Crippen molar-refractivity contribution in [3.63, 3.8) is 0 Å². The number of rotatable bonds is 8. The number of carbonyl (C=O) groups is 1. The summed E-state index contributed by atoms with van der Waals surface area (Å²) in [6.45, 7) is 1.66. The predicted octanol–water partition coefficient (Wildman–Crippen LogP) is 3.60. The lowest BCUT2D eigenvalue weighted by Gasteiger charge is -2.36. The van der Waals surface area contributed by atoms with Crippen LogP contribution in [0.3, 0.4) is 0 Å². The van der Waals surface area contributed by atoms with Crippen LogP contribution in [0.2, 0.25) is 0 Å². The van der Waals surface area contributed by atoms with Gasteiger partial charge in [-0.25, -0.2) is 5.48 Å². The Balaban J connectivity index is 1.52. The van der Waals surface area contributed by atoms with Crippen molar-refractivity contribution in [2.75, 3.05) is 19.7 Å². The van der Waals surface area contributed by atoms with E-state index in [0.717, 1.165) is 43.3 Å². The smallest absolute Gasteiger partial charge is 0.267 e.